The molecule has 0 fully saturated rings. The van der Waals surface area contributed by atoms with Crippen LogP contribution in [0.4, 0.5) is 15.0 Å². The second kappa shape index (κ2) is 9.49. The third-order valence-electron chi connectivity index (χ3n) is 4.89. The molecule has 3 heterocycles. The van der Waals surface area contributed by atoms with Crippen LogP contribution in [-0.2, 0) is 11.3 Å². The summed E-state index contributed by atoms with van der Waals surface area (Å²) in [6, 6.07) is 7.30. The smallest absolute Gasteiger partial charge is 0.423 e. The Balaban J connectivity index is 1.89. The minimum atomic E-state index is -0.929. The van der Waals surface area contributed by atoms with Gasteiger partial charge in [-0.2, -0.15) is 4.90 Å². The van der Waals surface area contributed by atoms with E-state index in [1.165, 1.54) is 12.1 Å². The summed E-state index contributed by atoms with van der Waals surface area (Å²) in [5, 5.41) is 8.14. The van der Waals surface area contributed by atoms with Crippen molar-refractivity contribution in [1.82, 2.24) is 19.7 Å². The molecule has 0 atom stereocenters. The van der Waals surface area contributed by atoms with Crippen molar-refractivity contribution in [3.05, 3.63) is 52.5 Å². The molecule has 178 valence electrons. The number of amides is 2. The van der Waals surface area contributed by atoms with Gasteiger partial charge in [0.25, 0.3) is 5.91 Å². The van der Waals surface area contributed by atoms with Gasteiger partial charge in [0.05, 0.1) is 16.6 Å². The number of carbonyl (C=O) groups is 2. The number of hydrogen-bond donors (Lipinski definition) is 0. The third kappa shape index (κ3) is 5.09. The number of ether oxygens (including phenoxy) is 2. The standard InChI is InChI=1S/C23H23BrFN5O4/c1-23(2,3)34-22(32)30-19-8-6-7-17(27-19)20-28-26-13-29(20)9-4-5-10-33-18-12-16(25)15(24)11-14(18)21(30)31/h6-8,11-13H,4-5,9-10H2,1-3H3. The van der Waals surface area contributed by atoms with Crippen LogP contribution in [0.3, 0.4) is 0 Å². The number of halogens is 2. The van der Waals surface area contributed by atoms with Crippen LogP contribution in [0.2, 0.25) is 0 Å². The van der Waals surface area contributed by atoms with Crippen LogP contribution >= 0.6 is 15.9 Å². The average Bonchev–Trinajstić information content (AvgIpc) is 3.23. The number of fused-ring (bicyclic) bond motifs is 5. The van der Waals surface area contributed by atoms with E-state index in [4.69, 9.17) is 9.47 Å². The van der Waals surface area contributed by atoms with Crippen molar-refractivity contribution in [3.63, 3.8) is 0 Å². The summed E-state index contributed by atoms with van der Waals surface area (Å²) in [4.78, 5) is 32.3. The first-order valence-corrected chi connectivity index (χ1v) is 11.5. The Labute approximate surface area is 204 Å². The molecule has 4 rings (SSSR count). The SMILES string of the molecule is CC(C)(C)OC(=O)N1C(=O)c2cc(Br)c(F)cc2OCCCCn2cnnc2-c2cccc1n2. The van der Waals surface area contributed by atoms with Crippen molar-refractivity contribution in [2.24, 2.45) is 0 Å². The maximum Gasteiger partial charge on any atom is 0.423 e. The van der Waals surface area contributed by atoms with E-state index in [0.29, 0.717) is 24.5 Å². The fourth-order valence-electron chi connectivity index (χ4n) is 3.38. The summed E-state index contributed by atoms with van der Waals surface area (Å²) in [7, 11) is 0. The van der Waals surface area contributed by atoms with Gasteiger partial charge in [-0.1, -0.05) is 6.07 Å². The van der Waals surface area contributed by atoms with Gasteiger partial charge in [0.1, 0.15) is 35.0 Å². The van der Waals surface area contributed by atoms with Crippen molar-refractivity contribution in [2.45, 2.75) is 45.8 Å². The molecular weight excluding hydrogens is 509 g/mol. The van der Waals surface area contributed by atoms with Gasteiger partial charge in [-0.3, -0.25) is 4.79 Å². The molecule has 0 saturated heterocycles. The lowest BCUT2D eigenvalue weighted by molar-refractivity contribution is 0.0562. The van der Waals surface area contributed by atoms with Gasteiger partial charge < -0.3 is 14.0 Å². The maximum absolute atomic E-state index is 14.3. The molecule has 1 aliphatic heterocycles. The first-order chi connectivity index (χ1) is 16.1. The highest BCUT2D eigenvalue weighted by molar-refractivity contribution is 9.10. The maximum atomic E-state index is 14.3. The lowest BCUT2D eigenvalue weighted by atomic mass is 10.1. The van der Waals surface area contributed by atoms with E-state index in [1.54, 1.807) is 39.2 Å². The number of pyridine rings is 1. The quantitative estimate of drug-likeness (QED) is 0.402. The molecule has 1 aliphatic rings. The molecule has 1 aromatic carbocycles. The van der Waals surface area contributed by atoms with Crippen LogP contribution < -0.4 is 9.64 Å². The Bertz CT molecular complexity index is 1240. The monoisotopic (exact) mass is 531 g/mol. The largest absolute Gasteiger partial charge is 0.493 e. The van der Waals surface area contributed by atoms with Gasteiger partial charge >= 0.3 is 6.09 Å². The molecule has 9 nitrogen and oxygen atoms in total. The van der Waals surface area contributed by atoms with E-state index in [-0.39, 0.29) is 28.2 Å². The van der Waals surface area contributed by atoms with E-state index in [2.05, 4.69) is 31.1 Å². The van der Waals surface area contributed by atoms with Crippen LogP contribution in [0, 0.1) is 5.82 Å². The zero-order chi connectivity index (χ0) is 24.5. The van der Waals surface area contributed by atoms with Gasteiger partial charge in [-0.25, -0.2) is 14.2 Å². The molecule has 2 aromatic heterocycles. The van der Waals surface area contributed by atoms with Crippen molar-refractivity contribution >= 4 is 33.7 Å². The number of benzene rings is 1. The number of imide groups is 1. The molecule has 0 spiro atoms. The fourth-order valence-corrected chi connectivity index (χ4v) is 3.72. The number of aromatic nitrogens is 4. The predicted octanol–water partition coefficient (Wildman–Crippen LogP) is 5.00. The molecule has 2 bridgehead atoms. The number of aryl methyl sites for hydroxylation is 1. The lowest BCUT2D eigenvalue weighted by Gasteiger charge is -2.26. The van der Waals surface area contributed by atoms with E-state index >= 15 is 0 Å². The van der Waals surface area contributed by atoms with E-state index in [0.717, 1.165) is 17.4 Å². The molecule has 11 heteroatoms. The molecular formula is C23H23BrFN5O4. The molecule has 3 aromatic rings. The average molecular weight is 532 g/mol. The molecule has 0 radical (unpaired) electrons. The Hall–Kier alpha value is -3.34. The normalized spacial score (nSPS) is 14.5. The summed E-state index contributed by atoms with van der Waals surface area (Å²) >= 11 is 3.12. The Kier molecular flexibility index (Phi) is 6.65. The topological polar surface area (TPSA) is 99.4 Å². The fraction of sp³-hybridized carbons (Fsp3) is 0.348. The van der Waals surface area contributed by atoms with Gasteiger partial charge in [-0.15, -0.1) is 10.2 Å². The number of carbonyl (C=O) groups excluding carboxylic acids is 2. The van der Waals surface area contributed by atoms with Crippen molar-refractivity contribution in [1.29, 1.82) is 0 Å². The first-order valence-electron chi connectivity index (χ1n) is 10.7. The Morgan fingerprint density at radius 2 is 2.03 bits per heavy atom. The zero-order valence-electron chi connectivity index (χ0n) is 18.9. The Morgan fingerprint density at radius 1 is 1.24 bits per heavy atom. The minimum absolute atomic E-state index is 0.00781. The van der Waals surface area contributed by atoms with Gasteiger partial charge in [0, 0.05) is 12.6 Å². The second-order valence-corrected chi connectivity index (χ2v) is 9.52. The summed E-state index contributed by atoms with van der Waals surface area (Å²) < 4.78 is 27.5. The van der Waals surface area contributed by atoms with E-state index in [1.807, 2.05) is 4.57 Å². The number of hydrogen-bond acceptors (Lipinski definition) is 7. The molecule has 0 saturated carbocycles. The van der Waals surface area contributed by atoms with Crippen LogP contribution in [-0.4, -0.2) is 44.0 Å². The van der Waals surface area contributed by atoms with Crippen LogP contribution in [0.1, 0.15) is 44.0 Å². The van der Waals surface area contributed by atoms with Crippen LogP contribution in [0.5, 0.6) is 5.75 Å². The summed E-state index contributed by atoms with van der Waals surface area (Å²) in [5.74, 6) is -0.812. The highest BCUT2D eigenvalue weighted by Gasteiger charge is 2.33. The molecule has 0 aliphatic carbocycles. The first kappa shape index (κ1) is 23.8. The second-order valence-electron chi connectivity index (χ2n) is 8.67. The zero-order valence-corrected chi connectivity index (χ0v) is 20.5. The van der Waals surface area contributed by atoms with Crippen molar-refractivity contribution < 1.29 is 23.5 Å². The number of nitrogens with zero attached hydrogens (tertiary/aromatic N) is 5. The van der Waals surface area contributed by atoms with Crippen LogP contribution in [0.15, 0.2) is 41.1 Å². The highest BCUT2D eigenvalue weighted by Crippen LogP contribution is 2.31. The van der Waals surface area contributed by atoms with Crippen molar-refractivity contribution in [3.8, 4) is 17.3 Å². The van der Waals surface area contributed by atoms with Crippen molar-refractivity contribution in [2.75, 3.05) is 11.5 Å². The molecule has 34 heavy (non-hydrogen) atoms. The minimum Gasteiger partial charge on any atom is -0.493 e. The molecule has 2 amide bonds. The van der Waals surface area contributed by atoms with Gasteiger partial charge in [0.2, 0.25) is 0 Å². The third-order valence-corrected chi connectivity index (χ3v) is 5.50. The summed E-state index contributed by atoms with van der Waals surface area (Å²) in [6.07, 6.45) is 2.03. The molecule has 0 unspecified atom stereocenters. The summed E-state index contributed by atoms with van der Waals surface area (Å²) in [5.41, 5.74) is -0.450. The van der Waals surface area contributed by atoms with Gasteiger partial charge in [-0.05, 0) is 67.7 Å². The number of rotatable bonds is 0. The highest BCUT2D eigenvalue weighted by atomic mass is 79.9. The molecule has 0 N–H and O–H groups in total. The van der Waals surface area contributed by atoms with E-state index in [9.17, 15) is 14.0 Å². The van der Waals surface area contributed by atoms with Gasteiger partial charge in [0.15, 0.2) is 5.82 Å². The lowest BCUT2D eigenvalue weighted by Crippen LogP contribution is -2.41. The Morgan fingerprint density at radius 3 is 2.79 bits per heavy atom. The van der Waals surface area contributed by atoms with Crippen LogP contribution in [0.25, 0.3) is 11.5 Å². The predicted molar refractivity (Wildman–Crippen MR) is 125 cm³/mol. The summed E-state index contributed by atoms with van der Waals surface area (Å²) in [6.45, 7) is 5.92. The number of anilines is 1. The van der Waals surface area contributed by atoms with E-state index < -0.39 is 23.4 Å².